The van der Waals surface area contributed by atoms with Crippen molar-refractivity contribution in [1.29, 1.82) is 0 Å². The van der Waals surface area contributed by atoms with Crippen LogP contribution in [0.25, 0.3) is 0 Å². The summed E-state index contributed by atoms with van der Waals surface area (Å²) in [6.45, 7) is 17.6. The molecular weight excluding hydrogens is 380 g/mol. The highest BCUT2D eigenvalue weighted by Gasteiger charge is 2.47. The lowest BCUT2D eigenvalue weighted by molar-refractivity contribution is 0.00343. The smallest absolute Gasteiger partial charge is 0.258 e. The highest BCUT2D eigenvalue weighted by molar-refractivity contribution is 6.78. The molecule has 2 atom stereocenters. The number of aliphatic hydroxyl groups excluding tert-OH is 2. The van der Waals surface area contributed by atoms with Gasteiger partial charge in [-0.3, -0.25) is 0 Å². The van der Waals surface area contributed by atoms with Crippen molar-refractivity contribution in [2.75, 3.05) is 0 Å². The van der Waals surface area contributed by atoms with Gasteiger partial charge in [-0.1, -0.05) is 67.5 Å². The molecule has 0 spiro atoms. The molecule has 1 heterocycles. The molecule has 0 bridgehead atoms. The van der Waals surface area contributed by atoms with Crippen LogP contribution in [-0.4, -0.2) is 18.5 Å². The van der Waals surface area contributed by atoms with Crippen LogP contribution < -0.4 is 4.43 Å². The lowest BCUT2D eigenvalue weighted by Crippen LogP contribution is -2.50. The highest BCUT2D eigenvalue weighted by atomic mass is 28.4. The Kier molecular flexibility index (Phi) is 7.77. The fourth-order valence-electron chi connectivity index (χ4n) is 4.47. The van der Waals surface area contributed by atoms with E-state index in [9.17, 15) is 10.2 Å². The van der Waals surface area contributed by atoms with Crippen LogP contribution in [0.3, 0.4) is 0 Å². The van der Waals surface area contributed by atoms with E-state index in [2.05, 4.69) is 41.5 Å². The minimum Gasteiger partial charge on any atom is -0.543 e. The SMILES string of the molecule is CC(C)c1ccc([C@@H](O)[C@H](O)c2ccc(O[Si](C(C)C)(C(C)C)C(C)C)cc2)o1. The molecule has 1 aromatic heterocycles. The molecule has 2 rings (SSSR count). The van der Waals surface area contributed by atoms with E-state index in [0.29, 0.717) is 27.9 Å². The van der Waals surface area contributed by atoms with Crippen molar-refractivity contribution >= 4 is 8.32 Å². The van der Waals surface area contributed by atoms with Gasteiger partial charge in [-0.05, 0) is 46.5 Å². The fourth-order valence-corrected chi connectivity index (χ4v) is 9.72. The second-order valence-corrected chi connectivity index (χ2v) is 14.6. The normalized spacial score (nSPS) is 14.8. The molecule has 0 aliphatic carbocycles. The quantitative estimate of drug-likeness (QED) is 0.443. The minimum atomic E-state index is -2.02. The summed E-state index contributed by atoms with van der Waals surface area (Å²) in [5, 5.41) is 21.2. The molecule has 2 aromatic rings. The van der Waals surface area contributed by atoms with Gasteiger partial charge in [0.2, 0.25) is 0 Å². The van der Waals surface area contributed by atoms with Crippen molar-refractivity contribution < 1.29 is 19.1 Å². The van der Waals surface area contributed by atoms with Crippen molar-refractivity contribution in [3.8, 4) is 5.75 Å². The minimum absolute atomic E-state index is 0.233. The maximum atomic E-state index is 10.6. The van der Waals surface area contributed by atoms with Gasteiger partial charge < -0.3 is 19.1 Å². The molecule has 0 fully saturated rings. The molecule has 1 aromatic carbocycles. The Morgan fingerprint density at radius 3 is 1.59 bits per heavy atom. The third-order valence-corrected chi connectivity index (χ3v) is 12.0. The second kappa shape index (κ2) is 9.50. The molecule has 0 amide bonds. The molecule has 4 nitrogen and oxygen atoms in total. The fraction of sp³-hybridized carbons (Fsp3) is 0.583. The van der Waals surface area contributed by atoms with E-state index in [1.54, 1.807) is 6.07 Å². The maximum absolute atomic E-state index is 10.6. The second-order valence-electron chi connectivity index (χ2n) is 9.27. The predicted molar refractivity (Wildman–Crippen MR) is 121 cm³/mol. The summed E-state index contributed by atoms with van der Waals surface area (Å²) in [7, 11) is -2.02. The van der Waals surface area contributed by atoms with Crippen LogP contribution in [0.4, 0.5) is 0 Å². The monoisotopic (exact) mass is 418 g/mol. The third kappa shape index (κ3) is 4.96. The van der Waals surface area contributed by atoms with E-state index in [1.165, 1.54) is 0 Å². The Morgan fingerprint density at radius 1 is 0.690 bits per heavy atom. The lowest BCUT2D eigenvalue weighted by atomic mass is 10.0. The van der Waals surface area contributed by atoms with Gasteiger partial charge in [-0.15, -0.1) is 0 Å². The van der Waals surface area contributed by atoms with Crippen molar-refractivity contribution in [3.05, 3.63) is 53.5 Å². The molecule has 0 aliphatic rings. The molecular formula is C24H38O4Si. The molecule has 5 heteroatoms. The van der Waals surface area contributed by atoms with Crippen LogP contribution in [0, 0.1) is 0 Å². The van der Waals surface area contributed by atoms with E-state index >= 15 is 0 Å². The van der Waals surface area contributed by atoms with Crippen LogP contribution in [0.1, 0.15) is 90.6 Å². The van der Waals surface area contributed by atoms with Crippen LogP contribution in [0.5, 0.6) is 5.75 Å². The van der Waals surface area contributed by atoms with Crippen LogP contribution in [0.2, 0.25) is 16.6 Å². The predicted octanol–water partition coefficient (Wildman–Crippen LogP) is 6.72. The summed E-state index contributed by atoms with van der Waals surface area (Å²) in [6.07, 6.45) is -2.16. The van der Waals surface area contributed by atoms with Crippen molar-refractivity contribution in [2.45, 2.75) is 90.1 Å². The van der Waals surface area contributed by atoms with Gasteiger partial charge in [0.25, 0.3) is 8.32 Å². The van der Waals surface area contributed by atoms with Gasteiger partial charge in [-0.25, -0.2) is 0 Å². The average molecular weight is 419 g/mol. The molecule has 0 radical (unpaired) electrons. The number of benzene rings is 1. The molecule has 0 aliphatic heterocycles. The van der Waals surface area contributed by atoms with Crippen molar-refractivity contribution in [2.24, 2.45) is 0 Å². The Bertz CT molecular complexity index is 740. The van der Waals surface area contributed by atoms with E-state index in [-0.39, 0.29) is 5.92 Å². The molecule has 29 heavy (non-hydrogen) atoms. The van der Waals surface area contributed by atoms with Crippen LogP contribution >= 0.6 is 0 Å². The summed E-state index contributed by atoms with van der Waals surface area (Å²) in [5.41, 5.74) is 2.11. The van der Waals surface area contributed by atoms with Gasteiger partial charge >= 0.3 is 0 Å². The number of furan rings is 1. The summed E-state index contributed by atoms with van der Waals surface area (Å²) in [6, 6.07) is 11.0. The zero-order valence-electron chi connectivity index (χ0n) is 19.1. The largest absolute Gasteiger partial charge is 0.543 e. The molecule has 0 saturated carbocycles. The average Bonchev–Trinajstić information content (AvgIpc) is 3.15. The van der Waals surface area contributed by atoms with E-state index in [4.69, 9.17) is 8.84 Å². The maximum Gasteiger partial charge on any atom is 0.258 e. The van der Waals surface area contributed by atoms with Gasteiger partial charge in [0.05, 0.1) is 0 Å². The Labute approximate surface area is 177 Å². The van der Waals surface area contributed by atoms with Crippen molar-refractivity contribution in [1.82, 2.24) is 0 Å². The van der Waals surface area contributed by atoms with Crippen LogP contribution in [0.15, 0.2) is 40.8 Å². The summed E-state index contributed by atoms with van der Waals surface area (Å²) < 4.78 is 12.4. The summed E-state index contributed by atoms with van der Waals surface area (Å²) in [5.74, 6) is 2.25. The highest BCUT2D eigenvalue weighted by Crippen LogP contribution is 2.43. The molecule has 0 unspecified atom stereocenters. The number of hydrogen-bond acceptors (Lipinski definition) is 4. The molecule has 2 N–H and O–H groups in total. The van der Waals surface area contributed by atoms with Crippen LogP contribution in [-0.2, 0) is 0 Å². The molecule has 0 saturated heterocycles. The number of rotatable bonds is 9. The van der Waals surface area contributed by atoms with E-state index < -0.39 is 20.5 Å². The zero-order valence-corrected chi connectivity index (χ0v) is 20.1. The Morgan fingerprint density at radius 2 is 1.17 bits per heavy atom. The third-order valence-electron chi connectivity index (χ3n) is 6.03. The first-order chi connectivity index (χ1) is 13.5. The number of hydrogen-bond donors (Lipinski definition) is 2. The first-order valence-electron chi connectivity index (χ1n) is 10.7. The van der Waals surface area contributed by atoms with Gasteiger partial charge in [0, 0.05) is 5.92 Å². The Balaban J connectivity index is 2.20. The van der Waals surface area contributed by atoms with Crippen molar-refractivity contribution in [3.63, 3.8) is 0 Å². The van der Waals surface area contributed by atoms with E-state index in [0.717, 1.165) is 11.5 Å². The lowest BCUT2D eigenvalue weighted by Gasteiger charge is -2.42. The van der Waals surface area contributed by atoms with Gasteiger partial charge in [0.1, 0.15) is 29.5 Å². The number of aliphatic hydroxyl groups is 2. The first-order valence-corrected chi connectivity index (χ1v) is 12.9. The van der Waals surface area contributed by atoms with Gasteiger partial charge in [0.15, 0.2) is 0 Å². The Hall–Kier alpha value is -1.56. The van der Waals surface area contributed by atoms with Gasteiger partial charge in [-0.2, -0.15) is 0 Å². The zero-order chi connectivity index (χ0) is 21.9. The van der Waals surface area contributed by atoms with E-state index in [1.807, 2.05) is 44.2 Å². The summed E-state index contributed by atoms with van der Waals surface area (Å²) in [4.78, 5) is 0. The standard InChI is InChI=1S/C24H38O4Si/c1-15(2)21-13-14-22(27-21)24(26)23(25)19-9-11-20(12-10-19)28-29(16(3)4,17(5)6)18(7)8/h9-18,23-26H,1-8H3/t23-,24-/m1/s1. The first kappa shape index (κ1) is 23.7. The molecule has 162 valence electrons. The topological polar surface area (TPSA) is 62.8 Å². The summed E-state index contributed by atoms with van der Waals surface area (Å²) >= 11 is 0.